The van der Waals surface area contributed by atoms with Gasteiger partial charge in [0.25, 0.3) is 0 Å². The van der Waals surface area contributed by atoms with E-state index in [4.69, 9.17) is 16.3 Å². The van der Waals surface area contributed by atoms with Crippen LogP contribution in [0.1, 0.15) is 44.6 Å². The summed E-state index contributed by atoms with van der Waals surface area (Å²) in [5, 5.41) is 0.726. The topological polar surface area (TPSA) is 29.5 Å². The van der Waals surface area contributed by atoms with Crippen molar-refractivity contribution in [3.63, 3.8) is 0 Å². The average molecular weight is 310 g/mol. The third-order valence-electron chi connectivity index (χ3n) is 4.14. The third-order valence-corrected chi connectivity index (χ3v) is 4.37. The molecule has 0 saturated carbocycles. The van der Waals surface area contributed by atoms with Gasteiger partial charge in [-0.05, 0) is 44.5 Å². The molecule has 0 N–H and O–H groups in total. The summed E-state index contributed by atoms with van der Waals surface area (Å²) in [6, 6.07) is 6.07. The van der Waals surface area contributed by atoms with Crippen LogP contribution >= 0.6 is 11.6 Å². The van der Waals surface area contributed by atoms with Gasteiger partial charge in [0.1, 0.15) is 11.5 Å². The van der Waals surface area contributed by atoms with Crippen molar-refractivity contribution in [1.82, 2.24) is 4.90 Å². The van der Waals surface area contributed by atoms with Crippen molar-refractivity contribution in [1.29, 1.82) is 0 Å². The third kappa shape index (κ3) is 4.72. The number of halogens is 1. The van der Waals surface area contributed by atoms with Gasteiger partial charge in [-0.25, -0.2) is 0 Å². The summed E-state index contributed by atoms with van der Waals surface area (Å²) in [6.07, 6.45) is 5.39. The number of rotatable bonds is 5. The zero-order valence-corrected chi connectivity index (χ0v) is 13.7. The maximum atomic E-state index is 11.5. The zero-order chi connectivity index (χ0) is 15.2. The van der Waals surface area contributed by atoms with E-state index in [2.05, 4.69) is 4.90 Å². The van der Waals surface area contributed by atoms with Gasteiger partial charge < -0.3 is 4.74 Å². The van der Waals surface area contributed by atoms with Crippen LogP contribution in [0.4, 0.5) is 0 Å². The number of carbonyl (C=O) groups is 1. The molecular formula is C17H24ClNO2. The lowest BCUT2D eigenvalue weighted by Gasteiger charge is -2.30. The standard InChI is InChI=1S/C17H24ClNO2/c1-13(20)10-16-6-4-3-5-9-19(16)12-14-11-15(18)7-8-17(14)21-2/h7-8,11,16H,3-6,9-10,12H2,1-2H3. The number of methoxy groups -OCH3 is 1. The van der Waals surface area contributed by atoms with Gasteiger partial charge >= 0.3 is 0 Å². The Morgan fingerprint density at radius 1 is 1.38 bits per heavy atom. The van der Waals surface area contributed by atoms with Crippen molar-refractivity contribution in [3.8, 4) is 5.75 Å². The number of carbonyl (C=O) groups excluding carboxylic acids is 1. The van der Waals surface area contributed by atoms with E-state index in [-0.39, 0.29) is 5.78 Å². The monoisotopic (exact) mass is 309 g/mol. The van der Waals surface area contributed by atoms with E-state index < -0.39 is 0 Å². The number of hydrogen-bond donors (Lipinski definition) is 0. The number of hydrogen-bond acceptors (Lipinski definition) is 3. The predicted octanol–water partition coefficient (Wildman–Crippen LogP) is 4.07. The lowest BCUT2D eigenvalue weighted by atomic mass is 10.0. The second-order valence-corrected chi connectivity index (χ2v) is 6.27. The minimum Gasteiger partial charge on any atom is -0.496 e. The van der Waals surface area contributed by atoms with Gasteiger partial charge in [-0.2, -0.15) is 0 Å². The minimum absolute atomic E-state index is 0.268. The van der Waals surface area contributed by atoms with Crippen LogP contribution in [0.2, 0.25) is 5.02 Å². The maximum absolute atomic E-state index is 11.5. The molecular weight excluding hydrogens is 286 g/mol. The van der Waals surface area contributed by atoms with Crippen molar-refractivity contribution >= 4 is 17.4 Å². The highest BCUT2D eigenvalue weighted by atomic mass is 35.5. The molecule has 0 spiro atoms. The fourth-order valence-electron chi connectivity index (χ4n) is 3.10. The number of Topliss-reactive ketones (excluding diaryl/α,β-unsaturated/α-hetero) is 1. The maximum Gasteiger partial charge on any atom is 0.131 e. The molecule has 1 unspecified atom stereocenters. The van der Waals surface area contributed by atoms with Gasteiger partial charge in [0.15, 0.2) is 0 Å². The Labute approximate surface area is 132 Å². The molecule has 1 saturated heterocycles. The smallest absolute Gasteiger partial charge is 0.131 e. The number of ketones is 1. The number of benzene rings is 1. The second-order valence-electron chi connectivity index (χ2n) is 5.84. The molecule has 1 aliphatic rings. The van der Waals surface area contributed by atoms with Crippen molar-refractivity contribution in [2.45, 2.75) is 51.6 Å². The Kier molecular flexibility index (Phi) is 6.07. The molecule has 0 aliphatic carbocycles. The van der Waals surface area contributed by atoms with Crippen molar-refractivity contribution in [2.75, 3.05) is 13.7 Å². The molecule has 1 aromatic carbocycles. The van der Waals surface area contributed by atoms with Crippen molar-refractivity contribution < 1.29 is 9.53 Å². The molecule has 0 bridgehead atoms. The molecule has 2 rings (SSSR count). The highest BCUT2D eigenvalue weighted by Gasteiger charge is 2.23. The van der Waals surface area contributed by atoms with Gasteiger partial charge in [-0.1, -0.05) is 24.4 Å². The fourth-order valence-corrected chi connectivity index (χ4v) is 3.29. The van der Waals surface area contributed by atoms with E-state index in [1.165, 1.54) is 19.3 Å². The molecule has 4 heteroatoms. The summed E-state index contributed by atoms with van der Waals surface area (Å²) in [5.74, 6) is 1.13. The highest BCUT2D eigenvalue weighted by molar-refractivity contribution is 6.30. The highest BCUT2D eigenvalue weighted by Crippen LogP contribution is 2.27. The first kappa shape index (κ1) is 16.3. The lowest BCUT2D eigenvalue weighted by Crippen LogP contribution is -2.35. The van der Waals surface area contributed by atoms with E-state index in [1.54, 1.807) is 14.0 Å². The van der Waals surface area contributed by atoms with Gasteiger partial charge in [0.2, 0.25) is 0 Å². The molecule has 21 heavy (non-hydrogen) atoms. The Bertz CT molecular complexity index is 490. The zero-order valence-electron chi connectivity index (χ0n) is 12.9. The van der Waals surface area contributed by atoms with E-state index in [1.807, 2.05) is 18.2 Å². The summed E-state index contributed by atoms with van der Waals surface area (Å²) in [7, 11) is 1.68. The van der Waals surface area contributed by atoms with Gasteiger partial charge in [0, 0.05) is 29.6 Å². The Morgan fingerprint density at radius 2 is 2.19 bits per heavy atom. The second kappa shape index (κ2) is 7.81. The summed E-state index contributed by atoms with van der Waals surface area (Å²) < 4.78 is 5.44. The van der Waals surface area contributed by atoms with Crippen LogP contribution in [0.25, 0.3) is 0 Å². The van der Waals surface area contributed by atoms with Crippen molar-refractivity contribution in [2.24, 2.45) is 0 Å². The summed E-state index contributed by atoms with van der Waals surface area (Å²) >= 11 is 6.12. The fraction of sp³-hybridized carbons (Fsp3) is 0.588. The first-order valence-corrected chi connectivity index (χ1v) is 8.04. The molecule has 0 amide bonds. The Balaban J connectivity index is 2.17. The van der Waals surface area contributed by atoms with E-state index in [9.17, 15) is 4.79 Å². The predicted molar refractivity (Wildman–Crippen MR) is 86.0 cm³/mol. The van der Waals surface area contributed by atoms with Gasteiger partial charge in [0.05, 0.1) is 7.11 Å². The minimum atomic E-state index is 0.268. The first-order valence-electron chi connectivity index (χ1n) is 7.66. The summed E-state index contributed by atoms with van der Waals surface area (Å²) in [5.41, 5.74) is 1.10. The van der Waals surface area contributed by atoms with Gasteiger partial charge in [-0.3, -0.25) is 9.69 Å². The molecule has 1 heterocycles. The van der Waals surface area contributed by atoms with E-state index >= 15 is 0 Å². The van der Waals surface area contributed by atoms with E-state index in [0.717, 1.165) is 35.8 Å². The molecule has 1 fully saturated rings. The molecule has 116 valence electrons. The average Bonchev–Trinajstić information content (AvgIpc) is 2.64. The quantitative estimate of drug-likeness (QED) is 0.821. The Hall–Kier alpha value is -1.06. The summed E-state index contributed by atoms with van der Waals surface area (Å²) in [4.78, 5) is 13.9. The van der Waals surface area contributed by atoms with Crippen LogP contribution < -0.4 is 4.74 Å². The normalized spacial score (nSPS) is 20.0. The number of likely N-dealkylation sites (tertiary alicyclic amines) is 1. The SMILES string of the molecule is COc1ccc(Cl)cc1CN1CCCCCC1CC(C)=O. The van der Waals surface area contributed by atoms with Crippen LogP contribution in [0.5, 0.6) is 5.75 Å². The molecule has 3 nitrogen and oxygen atoms in total. The molecule has 0 aromatic heterocycles. The lowest BCUT2D eigenvalue weighted by molar-refractivity contribution is -0.118. The van der Waals surface area contributed by atoms with Crippen LogP contribution in [0.3, 0.4) is 0 Å². The Morgan fingerprint density at radius 3 is 2.90 bits per heavy atom. The van der Waals surface area contributed by atoms with Crippen LogP contribution in [0, 0.1) is 0 Å². The molecule has 0 radical (unpaired) electrons. The van der Waals surface area contributed by atoms with Crippen LogP contribution in [-0.4, -0.2) is 30.4 Å². The number of ether oxygens (including phenoxy) is 1. The first-order chi connectivity index (χ1) is 10.1. The summed E-state index contributed by atoms with van der Waals surface area (Å²) in [6.45, 7) is 3.51. The molecule has 1 atom stereocenters. The molecule has 1 aliphatic heterocycles. The van der Waals surface area contributed by atoms with Gasteiger partial charge in [-0.15, -0.1) is 0 Å². The van der Waals surface area contributed by atoms with Crippen LogP contribution in [0.15, 0.2) is 18.2 Å². The largest absolute Gasteiger partial charge is 0.496 e. The number of nitrogens with zero attached hydrogens (tertiary/aromatic N) is 1. The van der Waals surface area contributed by atoms with Crippen molar-refractivity contribution in [3.05, 3.63) is 28.8 Å². The van der Waals surface area contributed by atoms with Crippen LogP contribution in [-0.2, 0) is 11.3 Å². The van der Waals surface area contributed by atoms with E-state index in [0.29, 0.717) is 12.5 Å². The molecule has 1 aromatic rings.